The normalized spacial score (nSPS) is 19.7. The molecule has 1 aromatic heterocycles. The van der Waals surface area contributed by atoms with Crippen LogP contribution in [0.25, 0.3) is 22.3 Å². The Morgan fingerprint density at radius 1 is 1.19 bits per heavy atom. The first-order valence-electron chi connectivity index (χ1n) is 10.7. The van der Waals surface area contributed by atoms with Gasteiger partial charge in [-0.15, -0.1) is 0 Å². The lowest BCUT2D eigenvalue weighted by Crippen LogP contribution is -2.36. The maximum Gasteiger partial charge on any atom is 0.197 e. The summed E-state index contributed by atoms with van der Waals surface area (Å²) < 4.78 is 12.2. The molecule has 2 N–H and O–H groups in total. The first kappa shape index (κ1) is 22.6. The third-order valence-electron chi connectivity index (χ3n) is 6.02. The van der Waals surface area contributed by atoms with Crippen molar-refractivity contribution in [3.05, 3.63) is 57.2 Å². The van der Waals surface area contributed by atoms with Crippen molar-refractivity contribution >= 4 is 22.6 Å². The number of hydrogen-bond donors (Lipinski definition) is 2. The van der Waals surface area contributed by atoms with Gasteiger partial charge in [-0.2, -0.15) is 0 Å². The Balaban J connectivity index is 1.91. The minimum absolute atomic E-state index is 0.0258. The summed E-state index contributed by atoms with van der Waals surface area (Å²) in [7, 11) is 2.02. The summed E-state index contributed by atoms with van der Waals surface area (Å²) >= 11 is 6.33. The van der Waals surface area contributed by atoms with Gasteiger partial charge in [0.05, 0.1) is 17.2 Å². The summed E-state index contributed by atoms with van der Waals surface area (Å²) in [5, 5.41) is 21.8. The number of fused-ring (bicyclic) bond motifs is 1. The van der Waals surface area contributed by atoms with Crippen molar-refractivity contribution in [2.75, 3.05) is 20.2 Å². The van der Waals surface area contributed by atoms with Crippen LogP contribution < -0.4 is 5.43 Å². The minimum atomic E-state index is -0.395. The average molecular weight is 458 g/mol. The SMILES string of the molecule is CN1CCC(c2c(O)cc(O)c3c(=O)cc(-c4ccccc4Cl)oc23)[C@@H]1COC(C)(C)C. The number of halogens is 1. The van der Waals surface area contributed by atoms with Crippen LogP contribution in [0.3, 0.4) is 0 Å². The van der Waals surface area contributed by atoms with Crippen molar-refractivity contribution in [2.45, 2.75) is 44.8 Å². The molecule has 6 nitrogen and oxygen atoms in total. The van der Waals surface area contributed by atoms with Gasteiger partial charge >= 0.3 is 0 Å². The van der Waals surface area contributed by atoms with Crippen molar-refractivity contribution in [3.8, 4) is 22.8 Å². The number of nitrogens with zero attached hydrogens (tertiary/aromatic N) is 1. The number of likely N-dealkylation sites (tertiary alicyclic amines) is 1. The van der Waals surface area contributed by atoms with E-state index in [-0.39, 0.29) is 45.8 Å². The smallest absolute Gasteiger partial charge is 0.197 e. The molecule has 2 atom stereocenters. The summed E-state index contributed by atoms with van der Waals surface area (Å²) in [6.07, 6.45) is 0.752. The van der Waals surface area contributed by atoms with E-state index in [0.717, 1.165) is 13.0 Å². The van der Waals surface area contributed by atoms with Crippen molar-refractivity contribution in [3.63, 3.8) is 0 Å². The van der Waals surface area contributed by atoms with Crippen LogP contribution in [0.4, 0.5) is 0 Å². The summed E-state index contributed by atoms with van der Waals surface area (Å²) in [4.78, 5) is 15.2. The molecule has 0 amide bonds. The fourth-order valence-electron chi connectivity index (χ4n) is 4.40. The number of rotatable bonds is 4. The molecule has 2 aromatic carbocycles. The summed E-state index contributed by atoms with van der Waals surface area (Å²) in [6.45, 7) is 7.26. The lowest BCUT2D eigenvalue weighted by atomic mass is 9.89. The molecule has 3 aromatic rings. The van der Waals surface area contributed by atoms with Crippen LogP contribution in [0.2, 0.25) is 5.02 Å². The Bertz CT molecular complexity index is 1210. The monoisotopic (exact) mass is 457 g/mol. The van der Waals surface area contributed by atoms with Crippen LogP contribution in [0.1, 0.15) is 38.7 Å². The predicted molar refractivity (Wildman–Crippen MR) is 126 cm³/mol. The molecular weight excluding hydrogens is 430 g/mol. The predicted octanol–water partition coefficient (Wildman–Crippen LogP) is 5.13. The molecule has 7 heteroatoms. The molecule has 1 aliphatic heterocycles. The first-order valence-corrected chi connectivity index (χ1v) is 11.1. The number of ether oxygens (including phenoxy) is 1. The van der Waals surface area contributed by atoms with Crippen molar-refractivity contribution in [1.29, 1.82) is 0 Å². The van der Waals surface area contributed by atoms with E-state index in [4.69, 9.17) is 20.8 Å². The Hall–Kier alpha value is -2.54. The highest BCUT2D eigenvalue weighted by molar-refractivity contribution is 6.33. The lowest BCUT2D eigenvalue weighted by molar-refractivity contribution is -0.0276. The van der Waals surface area contributed by atoms with E-state index in [0.29, 0.717) is 22.8 Å². The standard InChI is InChI=1S/C25H28ClNO5/c1-25(2,3)31-13-17-15(9-10-27(17)4)22-18(28)11-19(29)23-20(30)12-21(32-24(22)23)14-7-5-6-8-16(14)26/h5-8,11-12,15,17,28-29H,9-10,13H2,1-4H3/t15?,17-/m0/s1. The number of phenols is 2. The molecule has 170 valence electrons. The number of phenolic OH excluding ortho intramolecular Hbond substituents is 2. The van der Waals surface area contributed by atoms with Gasteiger partial charge in [-0.1, -0.05) is 23.7 Å². The highest BCUT2D eigenvalue weighted by Gasteiger charge is 2.38. The number of benzene rings is 2. The zero-order valence-electron chi connectivity index (χ0n) is 18.7. The molecule has 32 heavy (non-hydrogen) atoms. The molecule has 1 saturated heterocycles. The van der Waals surface area contributed by atoms with Gasteiger partial charge < -0.3 is 24.3 Å². The van der Waals surface area contributed by atoms with Gasteiger partial charge in [0.1, 0.15) is 28.2 Å². The zero-order chi connectivity index (χ0) is 23.2. The zero-order valence-corrected chi connectivity index (χ0v) is 19.4. The van der Waals surface area contributed by atoms with Crippen molar-refractivity contribution < 1.29 is 19.4 Å². The van der Waals surface area contributed by atoms with Crippen LogP contribution in [0, 0.1) is 0 Å². The maximum absolute atomic E-state index is 13.0. The molecule has 0 saturated carbocycles. The molecule has 4 rings (SSSR count). The van der Waals surface area contributed by atoms with Gasteiger partial charge in [0.2, 0.25) is 0 Å². The summed E-state index contributed by atoms with van der Waals surface area (Å²) in [5.41, 5.74) is 0.560. The molecule has 1 aliphatic rings. The second-order valence-corrected chi connectivity index (χ2v) is 9.76. The fourth-order valence-corrected chi connectivity index (χ4v) is 4.63. The molecule has 0 aliphatic carbocycles. The second-order valence-electron chi connectivity index (χ2n) is 9.35. The van der Waals surface area contributed by atoms with Crippen LogP contribution in [0.5, 0.6) is 11.5 Å². The first-order chi connectivity index (χ1) is 15.1. The molecule has 0 bridgehead atoms. The molecule has 1 fully saturated rings. The van der Waals surface area contributed by atoms with Gasteiger partial charge in [0.25, 0.3) is 0 Å². The highest BCUT2D eigenvalue weighted by atomic mass is 35.5. The van der Waals surface area contributed by atoms with Gasteiger partial charge in [-0.3, -0.25) is 4.79 Å². The van der Waals surface area contributed by atoms with Crippen LogP contribution in [-0.2, 0) is 4.74 Å². The minimum Gasteiger partial charge on any atom is -0.507 e. The Labute approximate surface area is 192 Å². The third kappa shape index (κ3) is 4.22. The van der Waals surface area contributed by atoms with E-state index >= 15 is 0 Å². The molecule has 0 radical (unpaired) electrons. The van der Waals surface area contributed by atoms with Crippen LogP contribution in [0.15, 0.2) is 45.6 Å². The third-order valence-corrected chi connectivity index (χ3v) is 6.35. The highest BCUT2D eigenvalue weighted by Crippen LogP contribution is 2.44. The van der Waals surface area contributed by atoms with E-state index < -0.39 is 5.43 Å². The number of likely N-dealkylation sites (N-methyl/N-ethyl adjacent to an activating group) is 1. The summed E-state index contributed by atoms with van der Waals surface area (Å²) in [6, 6.07) is 9.60. The number of hydrogen-bond acceptors (Lipinski definition) is 6. The number of aromatic hydroxyl groups is 2. The quantitative estimate of drug-likeness (QED) is 0.565. The van der Waals surface area contributed by atoms with Crippen LogP contribution in [-0.4, -0.2) is 47.0 Å². The molecule has 0 spiro atoms. The van der Waals surface area contributed by atoms with Gasteiger partial charge in [-0.25, -0.2) is 0 Å². The molecule has 1 unspecified atom stereocenters. The average Bonchev–Trinajstić information content (AvgIpc) is 3.05. The molecule has 2 heterocycles. The Morgan fingerprint density at radius 2 is 1.91 bits per heavy atom. The Morgan fingerprint density at radius 3 is 2.59 bits per heavy atom. The van der Waals surface area contributed by atoms with Crippen LogP contribution >= 0.6 is 11.6 Å². The van der Waals surface area contributed by atoms with Gasteiger partial charge in [0.15, 0.2) is 5.43 Å². The van der Waals surface area contributed by atoms with Gasteiger partial charge in [-0.05, 0) is 52.9 Å². The molecular formula is C25H28ClNO5. The van der Waals surface area contributed by atoms with E-state index in [1.54, 1.807) is 24.3 Å². The summed E-state index contributed by atoms with van der Waals surface area (Å²) in [5.74, 6) is -0.270. The van der Waals surface area contributed by atoms with Crippen molar-refractivity contribution in [1.82, 2.24) is 4.90 Å². The fraction of sp³-hybridized carbons (Fsp3) is 0.400. The van der Waals surface area contributed by atoms with Crippen molar-refractivity contribution in [2.24, 2.45) is 0 Å². The van der Waals surface area contributed by atoms with E-state index in [1.165, 1.54) is 12.1 Å². The second kappa shape index (κ2) is 8.43. The largest absolute Gasteiger partial charge is 0.507 e. The maximum atomic E-state index is 13.0. The lowest BCUT2D eigenvalue weighted by Gasteiger charge is -2.30. The van der Waals surface area contributed by atoms with E-state index in [9.17, 15) is 15.0 Å². The Kier molecular flexibility index (Phi) is 5.96. The van der Waals surface area contributed by atoms with E-state index in [2.05, 4.69) is 4.90 Å². The van der Waals surface area contributed by atoms with Gasteiger partial charge in [0, 0.05) is 35.2 Å². The topological polar surface area (TPSA) is 83.1 Å². The van der Waals surface area contributed by atoms with E-state index in [1.807, 2.05) is 27.8 Å².